The third-order valence-electron chi connectivity index (χ3n) is 5.40. The minimum absolute atomic E-state index is 0.0656. The van der Waals surface area contributed by atoms with Crippen molar-refractivity contribution in [3.8, 4) is 12.3 Å². The molecule has 10 nitrogen and oxygen atoms in total. The predicted molar refractivity (Wildman–Crippen MR) is 160 cm³/mol. The summed E-state index contributed by atoms with van der Waals surface area (Å²) in [4.78, 5) is 17.2. The number of terminal acetylenes is 1. The fourth-order valence-corrected chi connectivity index (χ4v) is 3.37. The molecule has 6 N–H and O–H groups in total. The van der Waals surface area contributed by atoms with Crippen molar-refractivity contribution in [2.75, 3.05) is 26.4 Å². The van der Waals surface area contributed by atoms with Crippen LogP contribution < -0.4 is 16.6 Å². The third kappa shape index (κ3) is 16.0. The monoisotopic (exact) mass is 577 g/mol. The minimum atomic E-state index is -1.13. The van der Waals surface area contributed by atoms with Crippen LogP contribution in [0.1, 0.15) is 53.5 Å². The molecule has 0 aliphatic carbocycles. The molecule has 0 amide bonds. The Morgan fingerprint density at radius 1 is 1.32 bits per heavy atom. The highest BCUT2D eigenvalue weighted by atomic mass is 19.1. The molecule has 230 valence electrons. The maximum Gasteiger partial charge on any atom is 0.186 e. The fraction of sp³-hybridized carbons (Fsp3) is 0.500. The van der Waals surface area contributed by atoms with E-state index in [1.54, 1.807) is 42.3 Å². The first-order valence-electron chi connectivity index (χ1n) is 13.7. The molecule has 0 radical (unpaired) electrons. The number of nitrogens with zero attached hydrogens (tertiary/aromatic N) is 2. The second kappa shape index (κ2) is 22.4. The summed E-state index contributed by atoms with van der Waals surface area (Å²) in [7, 11) is 0. The van der Waals surface area contributed by atoms with E-state index in [-0.39, 0.29) is 23.5 Å². The van der Waals surface area contributed by atoms with Gasteiger partial charge in [0, 0.05) is 38.4 Å². The number of ether oxygens (including phenoxy) is 1. The standard InChI is InChI=1S/C21H31FN4O4.C7H11NO.C2H6/c1-16(2)30-12-4-10-25-15-24-26(20(21(25)29)19(28)14-27)11-3-9-23-13-17-5-7-18(22)8-6-17;1-4-6(2)5-7(3)9-8;1-2/h3,5-8,11,14,16,21,23-24,28-29H,4,9-10,12-13,15H2,1-2H3;1,5-6H,8H2,2-3H3;1-2H3/b11-3+,20-19+;7-5-;. The van der Waals surface area contributed by atoms with E-state index in [1.165, 1.54) is 17.1 Å². The molecule has 1 aromatic carbocycles. The van der Waals surface area contributed by atoms with Crippen molar-refractivity contribution in [1.82, 2.24) is 20.7 Å². The summed E-state index contributed by atoms with van der Waals surface area (Å²) in [5.74, 6) is 7.29. The van der Waals surface area contributed by atoms with Crippen LogP contribution in [-0.2, 0) is 20.9 Å². The number of aldehydes is 1. The van der Waals surface area contributed by atoms with Crippen molar-refractivity contribution in [2.24, 2.45) is 11.8 Å². The second-order valence-corrected chi connectivity index (χ2v) is 9.03. The lowest BCUT2D eigenvalue weighted by atomic mass is 10.2. The number of halogens is 1. The van der Waals surface area contributed by atoms with E-state index in [0.29, 0.717) is 51.4 Å². The Kier molecular flexibility index (Phi) is 20.7. The Morgan fingerprint density at radius 3 is 2.54 bits per heavy atom. The van der Waals surface area contributed by atoms with Gasteiger partial charge in [-0.25, -0.2) is 9.82 Å². The van der Waals surface area contributed by atoms with Gasteiger partial charge in [-0.3, -0.25) is 14.7 Å². The summed E-state index contributed by atoms with van der Waals surface area (Å²) in [6.07, 6.45) is 10.3. The molecule has 0 spiro atoms. The maximum atomic E-state index is 12.9. The van der Waals surface area contributed by atoms with Crippen molar-refractivity contribution in [3.05, 3.63) is 71.2 Å². The van der Waals surface area contributed by atoms with E-state index in [0.717, 1.165) is 5.56 Å². The molecule has 11 heteroatoms. The SMILES string of the molecule is C#CC(C)/C=C(/C)ON.CC.CC(C)OCCCN1CNN(/C=C/CNCc2ccc(F)cc2)/C(=C(/O)C=O)C1O. The number of carbonyl (C=O) groups is 1. The van der Waals surface area contributed by atoms with Crippen molar-refractivity contribution < 1.29 is 29.0 Å². The van der Waals surface area contributed by atoms with Crippen LogP contribution in [0.15, 0.2) is 59.8 Å². The van der Waals surface area contributed by atoms with Crippen LogP contribution in [0.2, 0.25) is 0 Å². The molecule has 1 heterocycles. The highest BCUT2D eigenvalue weighted by Crippen LogP contribution is 2.19. The summed E-state index contributed by atoms with van der Waals surface area (Å²) in [6, 6.07) is 6.23. The van der Waals surface area contributed by atoms with Crippen LogP contribution in [0, 0.1) is 24.1 Å². The molecular formula is C30H48FN5O5. The molecule has 41 heavy (non-hydrogen) atoms. The number of allylic oxidation sites excluding steroid dienone is 3. The van der Waals surface area contributed by atoms with Crippen LogP contribution in [-0.4, -0.2) is 65.1 Å². The van der Waals surface area contributed by atoms with Gasteiger partial charge < -0.3 is 25.1 Å². The van der Waals surface area contributed by atoms with Crippen molar-refractivity contribution in [1.29, 1.82) is 0 Å². The maximum absolute atomic E-state index is 12.9. The summed E-state index contributed by atoms with van der Waals surface area (Å²) in [5, 5.41) is 25.3. The van der Waals surface area contributed by atoms with Gasteiger partial charge in [-0.1, -0.05) is 38.0 Å². The molecule has 1 aliphatic heterocycles. The Labute approximate surface area is 244 Å². The van der Waals surface area contributed by atoms with Gasteiger partial charge in [-0.15, -0.1) is 6.42 Å². The first-order chi connectivity index (χ1) is 19.6. The Morgan fingerprint density at radius 2 is 1.98 bits per heavy atom. The molecule has 1 saturated heterocycles. The number of rotatable bonds is 13. The number of carbonyl (C=O) groups excluding carboxylic acids is 1. The zero-order valence-electron chi connectivity index (χ0n) is 25.1. The van der Waals surface area contributed by atoms with E-state index in [1.807, 2.05) is 34.6 Å². The number of aliphatic hydroxyl groups excluding tert-OH is 2. The first kappa shape index (κ1) is 37.8. The Balaban J connectivity index is 0.00000124. The average Bonchev–Trinajstić information content (AvgIpc) is 2.97. The minimum Gasteiger partial charge on any atom is -0.503 e. The Bertz CT molecular complexity index is 992. The van der Waals surface area contributed by atoms with Gasteiger partial charge in [0.2, 0.25) is 0 Å². The van der Waals surface area contributed by atoms with E-state index in [4.69, 9.17) is 17.1 Å². The molecule has 0 bridgehead atoms. The van der Waals surface area contributed by atoms with E-state index >= 15 is 0 Å². The van der Waals surface area contributed by atoms with Crippen LogP contribution in [0.5, 0.6) is 0 Å². The van der Waals surface area contributed by atoms with Crippen molar-refractivity contribution >= 4 is 6.29 Å². The van der Waals surface area contributed by atoms with E-state index in [2.05, 4.69) is 21.5 Å². The largest absolute Gasteiger partial charge is 0.503 e. The van der Waals surface area contributed by atoms with Crippen LogP contribution in [0.3, 0.4) is 0 Å². The number of hydrogen-bond acceptors (Lipinski definition) is 10. The lowest BCUT2D eigenvalue weighted by Crippen LogP contribution is -2.56. The smallest absolute Gasteiger partial charge is 0.186 e. The number of benzene rings is 1. The number of aliphatic hydroxyl groups is 2. The zero-order valence-corrected chi connectivity index (χ0v) is 25.1. The topological polar surface area (TPSA) is 133 Å². The molecule has 0 aromatic heterocycles. The third-order valence-corrected chi connectivity index (χ3v) is 5.40. The summed E-state index contributed by atoms with van der Waals surface area (Å²) < 4.78 is 18.4. The number of hydrazine groups is 1. The quantitative estimate of drug-likeness (QED) is 0.0591. The van der Waals surface area contributed by atoms with E-state index < -0.39 is 12.0 Å². The highest BCUT2D eigenvalue weighted by molar-refractivity contribution is 5.71. The average molecular weight is 578 g/mol. The van der Waals surface area contributed by atoms with Crippen molar-refractivity contribution in [3.63, 3.8) is 0 Å². The second-order valence-electron chi connectivity index (χ2n) is 9.03. The Hall–Kier alpha value is -3.24. The molecule has 1 fully saturated rings. The van der Waals surface area contributed by atoms with Crippen LogP contribution >= 0.6 is 0 Å². The van der Waals surface area contributed by atoms with Crippen LogP contribution in [0.25, 0.3) is 0 Å². The van der Waals surface area contributed by atoms with Gasteiger partial charge in [0.15, 0.2) is 18.3 Å². The number of nitrogens with one attached hydrogen (secondary N) is 2. The molecule has 1 aromatic rings. The van der Waals surface area contributed by atoms with Gasteiger partial charge in [0.05, 0.1) is 12.8 Å². The zero-order chi connectivity index (χ0) is 31.2. The van der Waals surface area contributed by atoms with Crippen LogP contribution in [0.4, 0.5) is 4.39 Å². The van der Waals surface area contributed by atoms with Crippen molar-refractivity contribution in [2.45, 2.75) is 66.8 Å². The molecule has 1 aliphatic rings. The highest BCUT2D eigenvalue weighted by Gasteiger charge is 2.31. The predicted octanol–water partition coefficient (Wildman–Crippen LogP) is 3.69. The van der Waals surface area contributed by atoms with Gasteiger partial charge >= 0.3 is 0 Å². The lowest BCUT2D eigenvalue weighted by molar-refractivity contribution is -0.108. The first-order valence-corrected chi connectivity index (χ1v) is 13.7. The van der Waals surface area contributed by atoms with E-state index in [9.17, 15) is 19.4 Å². The summed E-state index contributed by atoms with van der Waals surface area (Å²) >= 11 is 0. The fourth-order valence-electron chi connectivity index (χ4n) is 3.37. The molecule has 2 atom stereocenters. The van der Waals surface area contributed by atoms with Gasteiger partial charge in [0.1, 0.15) is 17.3 Å². The molecule has 2 rings (SSSR count). The summed E-state index contributed by atoms with van der Waals surface area (Å²) in [5.41, 5.74) is 4.07. The number of nitrogens with two attached hydrogens (primary N) is 1. The number of hydrogen-bond donors (Lipinski definition) is 5. The normalized spacial score (nSPS) is 17.6. The van der Waals surface area contributed by atoms with Gasteiger partial charge in [0.25, 0.3) is 0 Å². The van der Waals surface area contributed by atoms with Gasteiger partial charge in [-0.2, -0.15) is 5.90 Å². The van der Waals surface area contributed by atoms with Gasteiger partial charge in [-0.05, 0) is 57.9 Å². The molecule has 2 unspecified atom stereocenters. The molecule has 0 saturated carbocycles. The summed E-state index contributed by atoms with van der Waals surface area (Å²) in [6.45, 7) is 14.1. The molecular weight excluding hydrogens is 529 g/mol. The lowest BCUT2D eigenvalue weighted by Gasteiger charge is -2.40.